The molecule has 2 rings (SSSR count). The highest BCUT2D eigenvalue weighted by Crippen LogP contribution is 2.26. The lowest BCUT2D eigenvalue weighted by molar-refractivity contribution is 0.210. The van der Waals surface area contributed by atoms with Gasteiger partial charge in [0.25, 0.3) is 0 Å². The van der Waals surface area contributed by atoms with E-state index in [0.717, 1.165) is 12.5 Å². The van der Waals surface area contributed by atoms with Gasteiger partial charge < -0.3 is 15.5 Å². The maximum Gasteiger partial charge on any atom is 0.0196 e. The van der Waals surface area contributed by atoms with Crippen LogP contribution in [0.3, 0.4) is 0 Å². The Morgan fingerprint density at radius 2 is 1.76 bits per heavy atom. The van der Waals surface area contributed by atoms with E-state index in [1.165, 1.54) is 64.7 Å². The fourth-order valence-electron chi connectivity index (χ4n) is 3.29. The van der Waals surface area contributed by atoms with E-state index in [1.54, 1.807) is 0 Å². The highest BCUT2D eigenvalue weighted by atomic mass is 15.2. The van der Waals surface area contributed by atoms with Crippen molar-refractivity contribution in [1.29, 1.82) is 0 Å². The molecule has 1 saturated heterocycles. The third kappa shape index (κ3) is 4.23. The molecule has 0 bridgehead atoms. The van der Waals surface area contributed by atoms with Gasteiger partial charge in [0.05, 0.1) is 0 Å². The molecule has 0 radical (unpaired) electrons. The van der Waals surface area contributed by atoms with Crippen molar-refractivity contribution in [2.75, 3.05) is 39.8 Å². The minimum absolute atomic E-state index is 0.415. The summed E-state index contributed by atoms with van der Waals surface area (Å²) in [5.74, 6) is 0.796. The van der Waals surface area contributed by atoms with E-state index in [2.05, 4.69) is 16.8 Å². The summed E-state index contributed by atoms with van der Waals surface area (Å²) in [6, 6.07) is 0.415. The van der Waals surface area contributed by atoms with Crippen molar-refractivity contribution in [2.45, 2.75) is 44.6 Å². The lowest BCUT2D eigenvalue weighted by atomic mass is 9.84. The summed E-state index contributed by atoms with van der Waals surface area (Å²) in [5, 5.41) is 0. The van der Waals surface area contributed by atoms with Gasteiger partial charge in [-0.15, -0.1) is 0 Å². The van der Waals surface area contributed by atoms with E-state index in [9.17, 15) is 0 Å². The average molecular weight is 239 g/mol. The molecule has 0 aromatic rings. The first kappa shape index (κ1) is 13.3. The van der Waals surface area contributed by atoms with E-state index >= 15 is 0 Å². The van der Waals surface area contributed by atoms with Crippen LogP contribution in [-0.2, 0) is 0 Å². The molecule has 2 fully saturated rings. The molecule has 0 amide bonds. The molecule has 1 atom stereocenters. The fourth-order valence-corrected chi connectivity index (χ4v) is 3.29. The van der Waals surface area contributed by atoms with Crippen LogP contribution in [0.5, 0.6) is 0 Å². The minimum atomic E-state index is 0.415. The Bertz CT molecular complexity index is 214. The Labute approximate surface area is 106 Å². The van der Waals surface area contributed by atoms with Gasteiger partial charge in [0.15, 0.2) is 0 Å². The van der Waals surface area contributed by atoms with Crippen LogP contribution in [0, 0.1) is 5.92 Å². The second-order valence-electron chi connectivity index (χ2n) is 6.02. The number of hydrogen-bond donors (Lipinski definition) is 1. The van der Waals surface area contributed by atoms with Gasteiger partial charge in [0.1, 0.15) is 0 Å². The maximum atomic E-state index is 6.41. The van der Waals surface area contributed by atoms with Gasteiger partial charge in [-0.1, -0.05) is 19.3 Å². The quantitative estimate of drug-likeness (QED) is 0.811. The molecule has 0 aromatic carbocycles. The van der Waals surface area contributed by atoms with Gasteiger partial charge in [-0.25, -0.2) is 0 Å². The van der Waals surface area contributed by atoms with Crippen molar-refractivity contribution >= 4 is 0 Å². The summed E-state index contributed by atoms with van der Waals surface area (Å²) in [7, 11) is 2.23. The first-order valence-electron chi connectivity index (χ1n) is 7.42. The lowest BCUT2D eigenvalue weighted by Gasteiger charge is -2.31. The van der Waals surface area contributed by atoms with E-state index in [4.69, 9.17) is 5.73 Å². The highest BCUT2D eigenvalue weighted by molar-refractivity contribution is 4.80. The summed E-state index contributed by atoms with van der Waals surface area (Å²) in [6.07, 6.45) is 8.28. The van der Waals surface area contributed by atoms with Crippen molar-refractivity contribution in [3.8, 4) is 0 Å². The Morgan fingerprint density at radius 1 is 1.00 bits per heavy atom. The molecule has 100 valence electrons. The smallest absolute Gasteiger partial charge is 0.0196 e. The number of likely N-dealkylation sites (N-methyl/N-ethyl adjacent to an activating group) is 1. The van der Waals surface area contributed by atoms with Crippen LogP contribution >= 0.6 is 0 Å². The molecule has 3 heteroatoms. The molecule has 2 N–H and O–H groups in total. The Hall–Kier alpha value is -0.120. The Kier molecular flexibility index (Phi) is 5.26. The average Bonchev–Trinajstić information content (AvgIpc) is 2.56. The summed E-state index contributed by atoms with van der Waals surface area (Å²) < 4.78 is 0. The van der Waals surface area contributed by atoms with Gasteiger partial charge in [0.2, 0.25) is 0 Å². The maximum absolute atomic E-state index is 6.41. The Balaban J connectivity index is 1.74. The number of rotatable bonds is 3. The minimum Gasteiger partial charge on any atom is -0.326 e. The van der Waals surface area contributed by atoms with E-state index < -0.39 is 0 Å². The van der Waals surface area contributed by atoms with Crippen LogP contribution in [0.25, 0.3) is 0 Å². The van der Waals surface area contributed by atoms with Crippen molar-refractivity contribution in [1.82, 2.24) is 9.80 Å². The van der Waals surface area contributed by atoms with Gasteiger partial charge in [-0.05, 0) is 45.3 Å². The number of nitrogens with zero attached hydrogens (tertiary/aromatic N) is 2. The van der Waals surface area contributed by atoms with E-state index in [1.807, 2.05) is 0 Å². The summed E-state index contributed by atoms with van der Waals surface area (Å²) >= 11 is 0. The molecule has 1 saturated carbocycles. The molecule has 1 unspecified atom stereocenters. The van der Waals surface area contributed by atoms with Gasteiger partial charge in [0, 0.05) is 25.7 Å². The molecule has 17 heavy (non-hydrogen) atoms. The van der Waals surface area contributed by atoms with Crippen molar-refractivity contribution < 1.29 is 0 Å². The molecule has 1 aliphatic heterocycles. The summed E-state index contributed by atoms with van der Waals surface area (Å²) in [6.45, 7) is 6.02. The third-order valence-electron chi connectivity index (χ3n) is 4.54. The number of hydrogen-bond acceptors (Lipinski definition) is 3. The first-order valence-corrected chi connectivity index (χ1v) is 7.42. The second kappa shape index (κ2) is 6.72. The molecular formula is C14H29N3. The first-order chi connectivity index (χ1) is 8.25. The lowest BCUT2D eigenvalue weighted by Crippen LogP contribution is -2.44. The van der Waals surface area contributed by atoms with Crippen LogP contribution < -0.4 is 5.73 Å². The highest BCUT2D eigenvalue weighted by Gasteiger charge is 2.23. The van der Waals surface area contributed by atoms with Crippen LogP contribution in [0.4, 0.5) is 0 Å². The molecule has 0 aromatic heterocycles. The molecule has 0 spiro atoms. The standard InChI is InChI=1S/C14H29N3/c1-16-8-5-9-17(11-10-16)12-14(15)13-6-3-2-4-7-13/h13-14H,2-12,15H2,1H3. The Morgan fingerprint density at radius 3 is 2.53 bits per heavy atom. The van der Waals surface area contributed by atoms with Crippen molar-refractivity contribution in [2.24, 2.45) is 11.7 Å². The van der Waals surface area contributed by atoms with Gasteiger partial charge in [-0.2, -0.15) is 0 Å². The van der Waals surface area contributed by atoms with Crippen molar-refractivity contribution in [3.05, 3.63) is 0 Å². The molecule has 2 aliphatic rings. The van der Waals surface area contributed by atoms with Gasteiger partial charge >= 0.3 is 0 Å². The van der Waals surface area contributed by atoms with E-state index in [0.29, 0.717) is 6.04 Å². The zero-order valence-corrected chi connectivity index (χ0v) is 11.4. The van der Waals surface area contributed by atoms with Crippen LogP contribution in [-0.4, -0.2) is 55.6 Å². The molecule has 1 aliphatic carbocycles. The molecular weight excluding hydrogens is 210 g/mol. The summed E-state index contributed by atoms with van der Waals surface area (Å²) in [5.41, 5.74) is 6.41. The fraction of sp³-hybridized carbons (Fsp3) is 1.00. The normalized spacial score (nSPS) is 27.9. The van der Waals surface area contributed by atoms with Crippen molar-refractivity contribution in [3.63, 3.8) is 0 Å². The van der Waals surface area contributed by atoms with Crippen LogP contribution in [0.1, 0.15) is 38.5 Å². The largest absolute Gasteiger partial charge is 0.326 e. The summed E-state index contributed by atoms with van der Waals surface area (Å²) in [4.78, 5) is 5.02. The monoisotopic (exact) mass is 239 g/mol. The zero-order chi connectivity index (χ0) is 12.1. The zero-order valence-electron chi connectivity index (χ0n) is 11.4. The SMILES string of the molecule is CN1CCCN(CC(N)C2CCCCC2)CC1. The predicted molar refractivity (Wildman–Crippen MR) is 73.1 cm³/mol. The van der Waals surface area contributed by atoms with Gasteiger partial charge in [-0.3, -0.25) is 0 Å². The predicted octanol–water partition coefficient (Wildman–Crippen LogP) is 1.53. The third-order valence-corrected chi connectivity index (χ3v) is 4.54. The second-order valence-corrected chi connectivity index (χ2v) is 6.02. The van der Waals surface area contributed by atoms with Crippen LogP contribution in [0.2, 0.25) is 0 Å². The molecule has 3 nitrogen and oxygen atoms in total. The van der Waals surface area contributed by atoms with Crippen LogP contribution in [0.15, 0.2) is 0 Å². The molecule has 1 heterocycles. The topological polar surface area (TPSA) is 32.5 Å². The number of nitrogens with two attached hydrogens (primary N) is 1. The van der Waals surface area contributed by atoms with E-state index in [-0.39, 0.29) is 0 Å².